The molecule has 9 heteroatoms. The van der Waals surface area contributed by atoms with Gasteiger partial charge in [0.1, 0.15) is 11.5 Å². The van der Waals surface area contributed by atoms with E-state index in [9.17, 15) is 9.18 Å². The molecule has 0 spiro atoms. The average molecular weight is 422 g/mol. The van der Waals surface area contributed by atoms with E-state index in [0.717, 1.165) is 26.7 Å². The first kappa shape index (κ1) is 19.8. The molecular weight excluding hydrogens is 403 g/mol. The highest BCUT2D eigenvalue weighted by molar-refractivity contribution is 7.12. The molecule has 0 saturated carbocycles. The van der Waals surface area contributed by atoms with Crippen molar-refractivity contribution >= 4 is 22.9 Å². The number of anilines is 1. The van der Waals surface area contributed by atoms with E-state index in [1.807, 2.05) is 38.1 Å². The molecule has 30 heavy (non-hydrogen) atoms. The van der Waals surface area contributed by atoms with Crippen LogP contribution in [0.3, 0.4) is 0 Å². The summed E-state index contributed by atoms with van der Waals surface area (Å²) in [5.74, 6) is -0.249. The van der Waals surface area contributed by atoms with Crippen LogP contribution in [0.25, 0.3) is 16.9 Å². The summed E-state index contributed by atoms with van der Waals surface area (Å²) in [6.07, 6.45) is 0.172. The van der Waals surface area contributed by atoms with Crippen LogP contribution >= 0.6 is 11.3 Å². The molecule has 4 rings (SSSR count). The zero-order chi connectivity index (χ0) is 21.3. The van der Waals surface area contributed by atoms with Crippen LogP contribution in [0.5, 0.6) is 0 Å². The van der Waals surface area contributed by atoms with Gasteiger partial charge in [-0.25, -0.2) is 9.37 Å². The number of nitrogens with one attached hydrogen (secondary N) is 1. The van der Waals surface area contributed by atoms with Crippen LogP contribution in [0, 0.1) is 26.6 Å². The number of hydrogen-bond acceptors (Lipinski definition) is 6. The molecule has 152 valence electrons. The Morgan fingerprint density at radius 3 is 2.60 bits per heavy atom. The molecule has 0 aliphatic carbocycles. The number of rotatable bonds is 5. The molecule has 2 aromatic carbocycles. The summed E-state index contributed by atoms with van der Waals surface area (Å²) >= 11 is 1.50. The van der Waals surface area contributed by atoms with Crippen LogP contribution in [0.1, 0.15) is 21.3 Å². The Kier molecular flexibility index (Phi) is 5.37. The Morgan fingerprint density at radius 1 is 1.13 bits per heavy atom. The number of nitrogens with zero attached hydrogens (tertiary/aromatic N) is 5. The van der Waals surface area contributed by atoms with Crippen molar-refractivity contribution in [1.29, 1.82) is 0 Å². The largest absolute Gasteiger partial charge is 0.326 e. The van der Waals surface area contributed by atoms with Gasteiger partial charge in [-0.15, -0.1) is 16.4 Å². The molecule has 2 heterocycles. The maximum absolute atomic E-state index is 14.2. The van der Waals surface area contributed by atoms with E-state index >= 15 is 0 Å². The number of hydrogen-bond donors (Lipinski definition) is 1. The van der Waals surface area contributed by atoms with Gasteiger partial charge < -0.3 is 5.32 Å². The van der Waals surface area contributed by atoms with Crippen LogP contribution in [0.15, 0.2) is 42.5 Å². The summed E-state index contributed by atoms with van der Waals surface area (Å²) in [7, 11) is 0. The molecule has 0 saturated heterocycles. The number of thiazole rings is 1. The number of carbonyl (C=O) groups excluding carboxylic acids is 1. The summed E-state index contributed by atoms with van der Waals surface area (Å²) in [5.41, 5.74) is 3.59. The quantitative estimate of drug-likeness (QED) is 0.525. The highest BCUT2D eigenvalue weighted by Crippen LogP contribution is 2.29. The number of amides is 1. The lowest BCUT2D eigenvalue weighted by Crippen LogP contribution is -2.15. The van der Waals surface area contributed by atoms with Crippen LogP contribution in [-0.4, -0.2) is 31.1 Å². The smallest absolute Gasteiger partial charge is 0.229 e. The SMILES string of the molecule is Cc1ccc(-c2nc(C)sc2CC(=O)Nc2ccc(F)c(-n3nnnc3C)c2)cc1. The minimum absolute atomic E-state index is 0.171. The Hall–Kier alpha value is -3.46. The average Bonchev–Trinajstić information content (AvgIpc) is 3.29. The molecule has 1 N–H and O–H groups in total. The molecule has 4 aromatic rings. The normalized spacial score (nSPS) is 10.9. The van der Waals surface area contributed by atoms with Crippen LogP contribution in [0.2, 0.25) is 0 Å². The fraction of sp³-hybridized carbons (Fsp3) is 0.190. The van der Waals surface area contributed by atoms with Crippen molar-refractivity contribution in [1.82, 2.24) is 25.2 Å². The fourth-order valence-electron chi connectivity index (χ4n) is 3.08. The molecule has 0 aliphatic heterocycles. The van der Waals surface area contributed by atoms with E-state index in [-0.39, 0.29) is 18.0 Å². The van der Waals surface area contributed by atoms with E-state index in [0.29, 0.717) is 11.5 Å². The van der Waals surface area contributed by atoms with Gasteiger partial charge in [-0.1, -0.05) is 29.8 Å². The summed E-state index contributed by atoms with van der Waals surface area (Å²) in [5, 5.41) is 14.8. The van der Waals surface area contributed by atoms with E-state index < -0.39 is 5.82 Å². The lowest BCUT2D eigenvalue weighted by atomic mass is 10.1. The Balaban J connectivity index is 1.55. The minimum atomic E-state index is -0.483. The van der Waals surface area contributed by atoms with Crippen LogP contribution in [-0.2, 0) is 11.2 Å². The Bertz CT molecular complexity index is 1210. The zero-order valence-corrected chi connectivity index (χ0v) is 17.5. The molecule has 1 amide bonds. The van der Waals surface area contributed by atoms with Crippen molar-refractivity contribution in [2.75, 3.05) is 5.32 Å². The monoisotopic (exact) mass is 422 g/mol. The topological polar surface area (TPSA) is 85.6 Å². The number of halogens is 1. The Labute approximate surface area is 176 Å². The first-order chi connectivity index (χ1) is 14.4. The van der Waals surface area contributed by atoms with Crippen molar-refractivity contribution in [2.45, 2.75) is 27.2 Å². The lowest BCUT2D eigenvalue weighted by molar-refractivity contribution is -0.115. The predicted molar refractivity (Wildman–Crippen MR) is 113 cm³/mol. The first-order valence-electron chi connectivity index (χ1n) is 9.29. The summed E-state index contributed by atoms with van der Waals surface area (Å²) < 4.78 is 15.5. The molecule has 7 nitrogen and oxygen atoms in total. The third kappa shape index (κ3) is 4.11. The second-order valence-electron chi connectivity index (χ2n) is 6.90. The number of tetrazole rings is 1. The molecule has 0 fully saturated rings. The molecule has 0 unspecified atom stereocenters. The number of benzene rings is 2. The molecule has 0 bridgehead atoms. The van der Waals surface area contributed by atoms with Crippen molar-refractivity contribution in [3.8, 4) is 16.9 Å². The molecule has 0 atom stereocenters. The standard InChI is InChI=1S/C21H19FN6OS/c1-12-4-6-15(7-5-12)21-19(30-14(3)23-21)11-20(29)24-16-8-9-17(22)18(10-16)28-13(2)25-26-27-28/h4-10H,11H2,1-3H3,(H,24,29). The second kappa shape index (κ2) is 8.11. The van der Waals surface area contributed by atoms with Gasteiger partial charge >= 0.3 is 0 Å². The maximum Gasteiger partial charge on any atom is 0.229 e. The highest BCUT2D eigenvalue weighted by Gasteiger charge is 2.16. The molecular formula is C21H19FN6OS. The summed E-state index contributed by atoms with van der Waals surface area (Å²) in [4.78, 5) is 18.2. The highest BCUT2D eigenvalue weighted by atomic mass is 32.1. The minimum Gasteiger partial charge on any atom is -0.326 e. The molecule has 0 radical (unpaired) electrons. The van der Waals surface area contributed by atoms with Crippen molar-refractivity contribution < 1.29 is 9.18 Å². The zero-order valence-electron chi connectivity index (χ0n) is 16.7. The number of aryl methyl sites for hydroxylation is 3. The third-order valence-corrected chi connectivity index (χ3v) is 5.50. The number of carbonyl (C=O) groups is 1. The van der Waals surface area contributed by atoms with Gasteiger partial charge in [0.05, 0.1) is 17.1 Å². The maximum atomic E-state index is 14.2. The van der Waals surface area contributed by atoms with Gasteiger partial charge in [-0.2, -0.15) is 4.68 Å². The van der Waals surface area contributed by atoms with Gasteiger partial charge in [-0.05, 0) is 49.4 Å². The van der Waals surface area contributed by atoms with E-state index in [1.54, 1.807) is 6.92 Å². The van der Waals surface area contributed by atoms with E-state index in [2.05, 4.69) is 25.8 Å². The fourth-order valence-corrected chi connectivity index (χ4v) is 4.04. The van der Waals surface area contributed by atoms with E-state index in [1.165, 1.54) is 34.2 Å². The summed E-state index contributed by atoms with van der Waals surface area (Å²) in [6.45, 7) is 5.62. The predicted octanol–water partition coefficient (Wildman–Crippen LogP) is 4.03. The van der Waals surface area contributed by atoms with Crippen molar-refractivity contribution in [2.24, 2.45) is 0 Å². The summed E-state index contributed by atoms with van der Waals surface area (Å²) in [6, 6.07) is 12.4. The van der Waals surface area contributed by atoms with Gasteiger partial charge in [0, 0.05) is 16.1 Å². The van der Waals surface area contributed by atoms with Crippen molar-refractivity contribution in [3.63, 3.8) is 0 Å². The van der Waals surface area contributed by atoms with Crippen LogP contribution < -0.4 is 5.32 Å². The van der Waals surface area contributed by atoms with Crippen molar-refractivity contribution in [3.05, 3.63) is 69.6 Å². The lowest BCUT2D eigenvalue weighted by Gasteiger charge is -2.09. The van der Waals surface area contributed by atoms with Gasteiger partial charge in [0.2, 0.25) is 5.91 Å². The second-order valence-corrected chi connectivity index (χ2v) is 8.19. The molecule has 2 aromatic heterocycles. The Morgan fingerprint density at radius 2 is 1.90 bits per heavy atom. The first-order valence-corrected chi connectivity index (χ1v) is 10.1. The van der Waals surface area contributed by atoms with Crippen LogP contribution in [0.4, 0.5) is 10.1 Å². The van der Waals surface area contributed by atoms with Gasteiger partial charge in [-0.3, -0.25) is 4.79 Å². The number of aromatic nitrogens is 5. The van der Waals surface area contributed by atoms with E-state index in [4.69, 9.17) is 0 Å². The van der Waals surface area contributed by atoms with Gasteiger partial charge in [0.25, 0.3) is 0 Å². The molecule has 0 aliphatic rings. The third-order valence-electron chi connectivity index (χ3n) is 4.53. The van der Waals surface area contributed by atoms with Gasteiger partial charge in [0.15, 0.2) is 5.82 Å².